The Kier molecular flexibility index (Phi) is 8.82. The van der Waals surface area contributed by atoms with Gasteiger partial charge in [-0.15, -0.1) is 0 Å². The summed E-state index contributed by atoms with van der Waals surface area (Å²) in [5, 5.41) is 0.906. The standard InChI is InChI=1S/C24H38F2OSi/c1-2-3-18-4-8-20(9-5-18)21-10-6-19(7-11-21)17-28-24-13-12-22(16-23(24)26)27-15-14-25/h12-13,16,18-21H,2-11,14-15,17,28H2,1H3. The molecule has 0 heterocycles. The van der Waals surface area contributed by atoms with Gasteiger partial charge in [-0.3, -0.25) is 0 Å². The smallest absolute Gasteiger partial charge is 0.125 e. The van der Waals surface area contributed by atoms with Gasteiger partial charge in [0.15, 0.2) is 0 Å². The molecule has 0 aliphatic heterocycles. The largest absolute Gasteiger partial charge is 0.491 e. The van der Waals surface area contributed by atoms with Gasteiger partial charge < -0.3 is 4.74 Å². The van der Waals surface area contributed by atoms with Gasteiger partial charge in [0.05, 0.1) is 9.52 Å². The second kappa shape index (κ2) is 11.3. The Hall–Kier alpha value is -0.903. The van der Waals surface area contributed by atoms with Crippen molar-refractivity contribution in [3.05, 3.63) is 24.0 Å². The van der Waals surface area contributed by atoms with Gasteiger partial charge in [0.2, 0.25) is 0 Å². The van der Waals surface area contributed by atoms with E-state index in [2.05, 4.69) is 6.92 Å². The lowest BCUT2D eigenvalue weighted by molar-refractivity contribution is 0.147. The summed E-state index contributed by atoms with van der Waals surface area (Å²) in [5.41, 5.74) is 0. The topological polar surface area (TPSA) is 9.23 Å². The molecule has 2 aliphatic carbocycles. The van der Waals surface area contributed by atoms with E-state index in [1.807, 2.05) is 6.07 Å². The summed E-state index contributed by atoms with van der Waals surface area (Å²) in [7, 11) is -0.578. The van der Waals surface area contributed by atoms with Gasteiger partial charge >= 0.3 is 0 Å². The molecule has 0 radical (unpaired) electrons. The summed E-state index contributed by atoms with van der Waals surface area (Å²) >= 11 is 0. The molecular weight excluding hydrogens is 370 g/mol. The molecule has 1 nitrogen and oxygen atoms in total. The van der Waals surface area contributed by atoms with Gasteiger partial charge in [-0.1, -0.05) is 57.6 Å². The first kappa shape index (κ1) is 21.8. The van der Waals surface area contributed by atoms with E-state index in [-0.39, 0.29) is 12.4 Å². The quantitative estimate of drug-likeness (QED) is 0.469. The summed E-state index contributed by atoms with van der Waals surface area (Å²) < 4.78 is 31.6. The molecule has 1 aromatic rings. The highest BCUT2D eigenvalue weighted by atomic mass is 28.2. The zero-order chi connectivity index (χ0) is 19.8. The highest BCUT2D eigenvalue weighted by Crippen LogP contribution is 2.42. The van der Waals surface area contributed by atoms with Crippen molar-refractivity contribution in [3.63, 3.8) is 0 Å². The molecule has 0 aromatic heterocycles. The minimum absolute atomic E-state index is 0.000288. The van der Waals surface area contributed by atoms with Crippen LogP contribution in [0.3, 0.4) is 0 Å². The number of benzene rings is 1. The first-order valence-electron chi connectivity index (χ1n) is 11.7. The third kappa shape index (κ3) is 6.30. The fourth-order valence-electron chi connectivity index (χ4n) is 5.64. The highest BCUT2D eigenvalue weighted by molar-refractivity contribution is 6.53. The predicted octanol–water partition coefficient (Wildman–Crippen LogP) is 5.80. The van der Waals surface area contributed by atoms with Crippen molar-refractivity contribution in [2.45, 2.75) is 77.2 Å². The number of alkyl halides is 1. The molecule has 28 heavy (non-hydrogen) atoms. The van der Waals surface area contributed by atoms with E-state index in [0.717, 1.165) is 28.9 Å². The van der Waals surface area contributed by atoms with Crippen molar-refractivity contribution < 1.29 is 13.5 Å². The molecule has 4 heteroatoms. The summed E-state index contributed by atoms with van der Waals surface area (Å²) in [6.07, 6.45) is 14.2. The van der Waals surface area contributed by atoms with Gasteiger partial charge in [-0.2, -0.15) is 0 Å². The molecule has 0 amide bonds. The van der Waals surface area contributed by atoms with E-state index >= 15 is 0 Å². The maximum atomic E-state index is 14.3. The molecule has 0 saturated heterocycles. The number of rotatable bonds is 9. The Morgan fingerprint density at radius 1 is 0.964 bits per heavy atom. The van der Waals surface area contributed by atoms with E-state index in [0.29, 0.717) is 5.75 Å². The zero-order valence-corrected chi connectivity index (χ0v) is 19.0. The van der Waals surface area contributed by atoms with E-state index < -0.39 is 16.2 Å². The minimum atomic E-state index is -0.578. The van der Waals surface area contributed by atoms with Crippen molar-refractivity contribution in [1.82, 2.24) is 0 Å². The van der Waals surface area contributed by atoms with Crippen LogP contribution in [-0.2, 0) is 0 Å². The summed E-state index contributed by atoms with van der Waals surface area (Å²) in [5.74, 6) is 4.06. The highest BCUT2D eigenvalue weighted by Gasteiger charge is 2.30. The Morgan fingerprint density at radius 3 is 2.18 bits per heavy atom. The van der Waals surface area contributed by atoms with Crippen molar-refractivity contribution in [2.75, 3.05) is 13.3 Å². The van der Waals surface area contributed by atoms with Crippen molar-refractivity contribution >= 4 is 14.7 Å². The third-order valence-electron chi connectivity index (χ3n) is 7.34. The lowest BCUT2D eigenvalue weighted by Gasteiger charge is -2.38. The molecular formula is C24H38F2OSi. The third-order valence-corrected chi connectivity index (χ3v) is 9.56. The fourth-order valence-corrected chi connectivity index (χ4v) is 7.56. The number of hydrogen-bond donors (Lipinski definition) is 0. The van der Waals surface area contributed by atoms with E-state index in [9.17, 15) is 8.78 Å². The van der Waals surface area contributed by atoms with Gasteiger partial charge in [-0.25, -0.2) is 8.78 Å². The maximum absolute atomic E-state index is 14.3. The van der Waals surface area contributed by atoms with E-state index in [1.54, 1.807) is 6.07 Å². The van der Waals surface area contributed by atoms with Gasteiger partial charge in [0.25, 0.3) is 0 Å². The van der Waals surface area contributed by atoms with Crippen molar-refractivity contribution in [1.29, 1.82) is 0 Å². The molecule has 0 N–H and O–H groups in total. The van der Waals surface area contributed by atoms with Crippen LogP contribution in [0.2, 0.25) is 6.04 Å². The summed E-state index contributed by atoms with van der Waals surface area (Å²) in [4.78, 5) is 0. The molecule has 1 aromatic carbocycles. The van der Waals surface area contributed by atoms with Gasteiger partial charge in [-0.05, 0) is 60.6 Å². The molecule has 158 valence electrons. The van der Waals surface area contributed by atoms with Crippen LogP contribution in [0.5, 0.6) is 5.75 Å². The van der Waals surface area contributed by atoms with Crippen LogP contribution in [0, 0.1) is 29.5 Å². The maximum Gasteiger partial charge on any atom is 0.125 e. The monoisotopic (exact) mass is 408 g/mol. The number of ether oxygens (including phenoxy) is 1. The van der Waals surface area contributed by atoms with Crippen molar-refractivity contribution in [2.24, 2.45) is 23.7 Å². The fraction of sp³-hybridized carbons (Fsp3) is 0.750. The molecule has 0 bridgehead atoms. The van der Waals surface area contributed by atoms with Crippen LogP contribution in [0.25, 0.3) is 0 Å². The minimum Gasteiger partial charge on any atom is -0.491 e. The first-order chi connectivity index (χ1) is 13.7. The second-order valence-electron chi connectivity index (χ2n) is 9.18. The molecule has 0 spiro atoms. The van der Waals surface area contributed by atoms with Crippen LogP contribution in [0.1, 0.15) is 71.1 Å². The Bertz CT molecular complexity index is 578. The Balaban J connectivity index is 1.38. The molecule has 2 saturated carbocycles. The van der Waals surface area contributed by atoms with Crippen molar-refractivity contribution in [3.8, 4) is 5.75 Å². The summed E-state index contributed by atoms with van der Waals surface area (Å²) in [6, 6.07) is 6.32. The number of halogens is 2. The van der Waals surface area contributed by atoms with Crippen LogP contribution < -0.4 is 9.92 Å². The summed E-state index contributed by atoms with van der Waals surface area (Å²) in [6.45, 7) is 1.78. The van der Waals surface area contributed by atoms with Crippen LogP contribution in [-0.4, -0.2) is 22.8 Å². The Labute approximate surface area is 172 Å². The normalized spacial score (nSPS) is 28.7. The second-order valence-corrected chi connectivity index (χ2v) is 11.0. The lowest BCUT2D eigenvalue weighted by Crippen LogP contribution is -2.27. The SMILES string of the molecule is CCCC1CCC(C2CCC(C[SiH2]c3ccc(OCCF)cc3F)CC2)CC1. The Morgan fingerprint density at radius 2 is 1.61 bits per heavy atom. The van der Waals surface area contributed by atoms with E-state index in [1.165, 1.54) is 76.3 Å². The van der Waals surface area contributed by atoms with E-state index in [4.69, 9.17) is 4.74 Å². The van der Waals surface area contributed by atoms with Gasteiger partial charge in [0, 0.05) is 6.07 Å². The molecule has 0 atom stereocenters. The average molecular weight is 409 g/mol. The predicted molar refractivity (Wildman–Crippen MR) is 117 cm³/mol. The van der Waals surface area contributed by atoms with Crippen LogP contribution in [0.4, 0.5) is 8.78 Å². The molecule has 0 unspecified atom stereocenters. The first-order valence-corrected chi connectivity index (χ1v) is 13.4. The lowest BCUT2D eigenvalue weighted by atomic mass is 9.69. The van der Waals surface area contributed by atoms with Crippen LogP contribution >= 0.6 is 0 Å². The van der Waals surface area contributed by atoms with Gasteiger partial charge in [0.1, 0.15) is 24.8 Å². The number of hydrogen-bond acceptors (Lipinski definition) is 1. The average Bonchev–Trinajstić information content (AvgIpc) is 2.73. The molecule has 2 fully saturated rings. The van der Waals surface area contributed by atoms with Crippen LogP contribution in [0.15, 0.2) is 18.2 Å². The molecule has 2 aliphatic rings. The molecule has 3 rings (SSSR count). The zero-order valence-electron chi connectivity index (χ0n) is 17.6.